The number of sulfone groups is 1. The summed E-state index contributed by atoms with van der Waals surface area (Å²) in [6, 6.07) is -0.864. The standard InChI is InChI=1S/C23H37BN4O7S/c1-15(27-20(30)33-21(2,3)4)18(29)28-11-9-10-17(14-28)36(31,32)19-25-12-16(13-26-19)24-34-22(5,6)23(7,8)35-24/h12-13,15,17H,9-11,14H2,1-8H3,(H,27,30)/t15?,17-/m0/s1. The molecule has 1 N–H and O–H groups in total. The second-order valence-corrected chi connectivity index (χ2v) is 13.5. The molecular formula is C23H37BN4O7S. The molecule has 11 nitrogen and oxygen atoms in total. The molecule has 0 bridgehead atoms. The van der Waals surface area contributed by atoms with E-state index in [0.29, 0.717) is 24.8 Å². The number of carbonyl (C=O) groups excluding carboxylic acids is 2. The van der Waals surface area contributed by atoms with Crippen LogP contribution >= 0.6 is 0 Å². The average molecular weight is 524 g/mol. The smallest absolute Gasteiger partial charge is 0.444 e. The van der Waals surface area contributed by atoms with Crippen molar-refractivity contribution < 1.29 is 32.1 Å². The molecule has 2 saturated heterocycles. The highest BCUT2D eigenvalue weighted by molar-refractivity contribution is 7.91. The normalized spacial score (nSPS) is 22.7. The zero-order chi connectivity index (χ0) is 27.1. The van der Waals surface area contributed by atoms with Gasteiger partial charge in [0.05, 0.1) is 16.5 Å². The van der Waals surface area contributed by atoms with Crippen LogP contribution in [0.1, 0.15) is 68.2 Å². The third-order valence-corrected chi connectivity index (χ3v) is 8.64. The molecule has 3 heterocycles. The van der Waals surface area contributed by atoms with Gasteiger partial charge in [-0.05, 0) is 68.2 Å². The Hall–Kier alpha value is -2.25. The Kier molecular flexibility index (Phi) is 7.79. The van der Waals surface area contributed by atoms with Crippen LogP contribution in [0.5, 0.6) is 0 Å². The highest BCUT2D eigenvalue weighted by atomic mass is 32.2. The van der Waals surface area contributed by atoms with Gasteiger partial charge < -0.3 is 24.3 Å². The van der Waals surface area contributed by atoms with E-state index in [1.54, 1.807) is 27.7 Å². The van der Waals surface area contributed by atoms with Crippen LogP contribution in [0.2, 0.25) is 0 Å². The van der Waals surface area contributed by atoms with E-state index in [4.69, 9.17) is 14.0 Å². The fourth-order valence-corrected chi connectivity index (χ4v) is 5.49. The zero-order valence-corrected chi connectivity index (χ0v) is 23.1. The molecule has 2 aliphatic heterocycles. The van der Waals surface area contributed by atoms with Crippen LogP contribution in [0.4, 0.5) is 4.79 Å². The SMILES string of the molecule is CC(NC(=O)OC(C)(C)C)C(=O)N1CCC[C@H](S(=O)(=O)c2ncc(B3OC(C)(C)C(C)(C)O3)cn2)C1. The number of carbonyl (C=O) groups is 2. The Morgan fingerprint density at radius 2 is 1.72 bits per heavy atom. The van der Waals surface area contributed by atoms with Crippen molar-refractivity contribution in [2.24, 2.45) is 0 Å². The Morgan fingerprint density at radius 3 is 2.25 bits per heavy atom. The van der Waals surface area contributed by atoms with Gasteiger partial charge in [-0.2, -0.15) is 0 Å². The first-order valence-corrected chi connectivity index (χ1v) is 13.7. The summed E-state index contributed by atoms with van der Waals surface area (Å²) in [4.78, 5) is 34.6. The van der Waals surface area contributed by atoms with E-state index in [0.717, 1.165) is 0 Å². The molecule has 0 saturated carbocycles. The number of ether oxygens (including phenoxy) is 1. The third kappa shape index (κ3) is 6.17. The Balaban J connectivity index is 1.66. The molecule has 0 aliphatic carbocycles. The molecule has 1 unspecified atom stereocenters. The second kappa shape index (κ2) is 9.90. The summed E-state index contributed by atoms with van der Waals surface area (Å²) in [5.41, 5.74) is -1.27. The molecule has 1 aromatic heterocycles. The fraction of sp³-hybridized carbons (Fsp3) is 0.739. The lowest BCUT2D eigenvalue weighted by atomic mass is 9.81. The van der Waals surface area contributed by atoms with Gasteiger partial charge >= 0.3 is 13.2 Å². The molecule has 2 amide bonds. The topological polar surface area (TPSA) is 137 Å². The number of nitrogens with one attached hydrogen (secondary N) is 1. The predicted octanol–water partition coefficient (Wildman–Crippen LogP) is 1.45. The number of likely N-dealkylation sites (tertiary alicyclic amines) is 1. The first-order valence-electron chi connectivity index (χ1n) is 12.1. The molecule has 0 aromatic carbocycles. The molecular weight excluding hydrogens is 487 g/mol. The van der Waals surface area contributed by atoms with Gasteiger partial charge in [-0.3, -0.25) is 4.79 Å². The summed E-state index contributed by atoms with van der Waals surface area (Å²) >= 11 is 0. The van der Waals surface area contributed by atoms with E-state index in [2.05, 4.69) is 15.3 Å². The third-order valence-electron chi connectivity index (χ3n) is 6.66. The van der Waals surface area contributed by atoms with Gasteiger partial charge in [0.1, 0.15) is 11.6 Å². The molecule has 2 atom stereocenters. The summed E-state index contributed by atoms with van der Waals surface area (Å²) in [6.45, 7) is 14.8. The summed E-state index contributed by atoms with van der Waals surface area (Å²) in [7, 11) is -4.60. The number of amides is 2. The molecule has 3 rings (SSSR count). The lowest BCUT2D eigenvalue weighted by molar-refractivity contribution is -0.133. The van der Waals surface area contributed by atoms with Crippen LogP contribution in [-0.4, -0.2) is 83.6 Å². The maximum atomic E-state index is 13.3. The van der Waals surface area contributed by atoms with Gasteiger partial charge in [-0.15, -0.1) is 0 Å². The maximum Gasteiger partial charge on any atom is 0.498 e. The van der Waals surface area contributed by atoms with Crippen molar-refractivity contribution in [1.82, 2.24) is 20.2 Å². The minimum Gasteiger partial charge on any atom is -0.444 e. The van der Waals surface area contributed by atoms with Crippen LogP contribution < -0.4 is 10.8 Å². The predicted molar refractivity (Wildman–Crippen MR) is 133 cm³/mol. The Bertz CT molecular complexity index is 1070. The van der Waals surface area contributed by atoms with E-state index < -0.39 is 51.1 Å². The van der Waals surface area contributed by atoms with Crippen LogP contribution in [0, 0.1) is 0 Å². The van der Waals surface area contributed by atoms with Gasteiger partial charge in [0.2, 0.25) is 20.9 Å². The van der Waals surface area contributed by atoms with Gasteiger partial charge in [0.25, 0.3) is 0 Å². The summed E-state index contributed by atoms with van der Waals surface area (Å²) < 4.78 is 43.7. The van der Waals surface area contributed by atoms with Crippen molar-refractivity contribution in [1.29, 1.82) is 0 Å². The van der Waals surface area contributed by atoms with Gasteiger partial charge in [-0.25, -0.2) is 23.2 Å². The van der Waals surface area contributed by atoms with Crippen LogP contribution in [0.25, 0.3) is 0 Å². The lowest BCUT2D eigenvalue weighted by Gasteiger charge is -2.34. The van der Waals surface area contributed by atoms with Gasteiger partial charge in [0.15, 0.2) is 0 Å². The van der Waals surface area contributed by atoms with Crippen molar-refractivity contribution in [2.75, 3.05) is 13.1 Å². The van der Waals surface area contributed by atoms with E-state index in [1.807, 2.05) is 27.7 Å². The number of aromatic nitrogens is 2. The van der Waals surface area contributed by atoms with Crippen molar-refractivity contribution in [3.63, 3.8) is 0 Å². The largest absolute Gasteiger partial charge is 0.498 e. The number of nitrogens with zero attached hydrogens (tertiary/aromatic N) is 3. The molecule has 2 aliphatic rings. The van der Waals surface area contributed by atoms with E-state index in [-0.39, 0.29) is 17.6 Å². The summed E-state index contributed by atoms with van der Waals surface area (Å²) in [5.74, 6) is -0.377. The van der Waals surface area contributed by atoms with Crippen LogP contribution in [0.3, 0.4) is 0 Å². The molecule has 0 spiro atoms. The number of rotatable bonds is 5. The fourth-order valence-electron chi connectivity index (χ4n) is 3.93. The molecule has 1 aromatic rings. The Morgan fingerprint density at radius 1 is 1.17 bits per heavy atom. The van der Waals surface area contributed by atoms with Crippen LogP contribution in [-0.2, 0) is 28.7 Å². The maximum absolute atomic E-state index is 13.3. The molecule has 36 heavy (non-hydrogen) atoms. The molecule has 13 heteroatoms. The van der Waals surface area contributed by atoms with Crippen molar-refractivity contribution in [3.05, 3.63) is 12.4 Å². The lowest BCUT2D eigenvalue weighted by Crippen LogP contribution is -2.52. The minimum absolute atomic E-state index is 0.0101. The average Bonchev–Trinajstić information content (AvgIpc) is 2.99. The van der Waals surface area contributed by atoms with E-state index >= 15 is 0 Å². The van der Waals surface area contributed by atoms with E-state index in [9.17, 15) is 18.0 Å². The Labute approximate surface area is 213 Å². The second-order valence-electron chi connectivity index (χ2n) is 11.3. The molecule has 200 valence electrons. The highest BCUT2D eigenvalue weighted by Crippen LogP contribution is 2.36. The van der Waals surface area contributed by atoms with E-state index in [1.165, 1.54) is 17.3 Å². The quantitative estimate of drug-likeness (QED) is 0.448. The van der Waals surface area contributed by atoms with Gasteiger partial charge in [-0.1, -0.05) is 0 Å². The molecule has 0 radical (unpaired) electrons. The minimum atomic E-state index is -3.90. The number of piperidine rings is 1. The number of alkyl carbamates (subject to hydrolysis) is 1. The number of hydrogen-bond donors (Lipinski definition) is 1. The zero-order valence-electron chi connectivity index (χ0n) is 22.3. The summed E-state index contributed by atoms with van der Waals surface area (Å²) in [6.07, 6.45) is 2.98. The summed E-state index contributed by atoms with van der Waals surface area (Å²) in [5, 5.41) is 1.35. The first-order chi connectivity index (χ1) is 16.4. The van der Waals surface area contributed by atoms with Crippen LogP contribution in [0.15, 0.2) is 17.6 Å². The van der Waals surface area contributed by atoms with Crippen molar-refractivity contribution in [3.8, 4) is 0 Å². The highest BCUT2D eigenvalue weighted by Gasteiger charge is 2.52. The van der Waals surface area contributed by atoms with Crippen molar-refractivity contribution in [2.45, 2.75) is 101 Å². The first kappa shape index (κ1) is 28.3. The number of hydrogen-bond acceptors (Lipinski definition) is 9. The van der Waals surface area contributed by atoms with Gasteiger partial charge in [0, 0.05) is 30.9 Å². The van der Waals surface area contributed by atoms with Crippen molar-refractivity contribution >= 4 is 34.4 Å². The monoisotopic (exact) mass is 524 g/mol. The molecule has 2 fully saturated rings.